The lowest BCUT2D eigenvalue weighted by molar-refractivity contribution is -0.122. The van der Waals surface area contributed by atoms with Crippen LogP contribution in [0, 0.1) is 6.92 Å². The number of nitrogens with zero attached hydrogens (tertiary/aromatic N) is 1. The molecule has 0 aliphatic carbocycles. The molecule has 4 rings (SSSR count). The van der Waals surface area contributed by atoms with Crippen molar-refractivity contribution in [2.45, 2.75) is 31.6 Å². The summed E-state index contributed by atoms with van der Waals surface area (Å²) in [7, 11) is -2.88. The fourth-order valence-electron chi connectivity index (χ4n) is 3.85. The number of carbonyl (C=O) groups is 3. The summed E-state index contributed by atoms with van der Waals surface area (Å²) in [6.07, 6.45) is 3.14. The van der Waals surface area contributed by atoms with Gasteiger partial charge in [-0.2, -0.15) is 8.42 Å². The molecule has 12 heteroatoms. The van der Waals surface area contributed by atoms with E-state index in [9.17, 15) is 22.8 Å². The van der Waals surface area contributed by atoms with Gasteiger partial charge in [0.05, 0.1) is 23.9 Å². The Kier molecular flexibility index (Phi) is 9.14. The molecule has 4 amide bonds. The van der Waals surface area contributed by atoms with Crippen molar-refractivity contribution in [3.05, 3.63) is 81.8 Å². The van der Waals surface area contributed by atoms with Gasteiger partial charge in [0, 0.05) is 0 Å². The number of hydrogen-bond acceptors (Lipinski definition) is 8. The summed E-state index contributed by atoms with van der Waals surface area (Å²) < 4.78 is 42.3. The molecular weight excluding hydrogens is 616 g/mol. The first-order valence-corrected chi connectivity index (χ1v) is 14.8. The lowest BCUT2D eigenvalue weighted by atomic mass is 10.1. The fraction of sp³-hybridized carbons (Fsp3) is 0.207. The Hall–Kier alpha value is -4.16. The van der Waals surface area contributed by atoms with Crippen molar-refractivity contribution in [2.24, 2.45) is 0 Å². The molecule has 1 heterocycles. The van der Waals surface area contributed by atoms with Crippen LogP contribution in [0.25, 0.3) is 6.08 Å². The summed E-state index contributed by atoms with van der Waals surface area (Å²) in [4.78, 5) is 39.4. The highest BCUT2D eigenvalue weighted by molar-refractivity contribution is 9.10. The normalized spacial score (nSPS) is 14.7. The first-order valence-electron chi connectivity index (χ1n) is 12.6. The average molecular weight is 644 g/mol. The predicted molar refractivity (Wildman–Crippen MR) is 156 cm³/mol. The molecule has 41 heavy (non-hydrogen) atoms. The van der Waals surface area contributed by atoms with Crippen LogP contribution in [0.2, 0.25) is 0 Å². The average Bonchev–Trinajstić information content (AvgIpc) is 2.93. The first kappa shape index (κ1) is 29.8. The van der Waals surface area contributed by atoms with Gasteiger partial charge in [-0.25, -0.2) is 9.69 Å². The van der Waals surface area contributed by atoms with Gasteiger partial charge in [-0.15, -0.1) is 0 Å². The van der Waals surface area contributed by atoms with Crippen molar-refractivity contribution in [1.82, 2.24) is 5.32 Å². The summed E-state index contributed by atoms with van der Waals surface area (Å²) in [6.45, 7) is 4.42. The molecule has 0 unspecified atom stereocenters. The SMILES string of the molecule is CCCCOc1ccc(N2C(=O)NC(=O)/C(=C/c3cc(Br)c(OS(=O)(=O)c4ccc(C)cc4)c(OC)c3)C2=O)cc1. The van der Waals surface area contributed by atoms with Crippen LogP contribution in [-0.2, 0) is 19.7 Å². The van der Waals surface area contributed by atoms with Crippen molar-refractivity contribution in [2.75, 3.05) is 18.6 Å². The third-order valence-corrected chi connectivity index (χ3v) is 7.85. The van der Waals surface area contributed by atoms with Gasteiger partial charge in [0.2, 0.25) is 0 Å². The topological polar surface area (TPSA) is 128 Å². The number of aryl methyl sites for hydroxylation is 1. The number of methoxy groups -OCH3 is 1. The summed E-state index contributed by atoms with van der Waals surface area (Å²) in [5.41, 5.74) is 1.12. The molecule has 1 aliphatic heterocycles. The summed E-state index contributed by atoms with van der Waals surface area (Å²) in [5.74, 6) is -1.23. The number of benzene rings is 3. The van der Waals surface area contributed by atoms with Crippen LogP contribution in [0.3, 0.4) is 0 Å². The Labute approximate surface area is 246 Å². The van der Waals surface area contributed by atoms with Gasteiger partial charge in [0.1, 0.15) is 16.2 Å². The van der Waals surface area contributed by atoms with E-state index in [1.54, 1.807) is 36.4 Å². The minimum Gasteiger partial charge on any atom is -0.494 e. The van der Waals surface area contributed by atoms with Crippen LogP contribution < -0.4 is 23.9 Å². The van der Waals surface area contributed by atoms with Gasteiger partial charge < -0.3 is 13.7 Å². The number of unbranched alkanes of at least 4 members (excludes halogenated alkanes) is 1. The molecule has 0 radical (unpaired) electrons. The van der Waals surface area contributed by atoms with Gasteiger partial charge in [-0.05, 0) is 89.4 Å². The maximum atomic E-state index is 13.3. The van der Waals surface area contributed by atoms with Crippen LogP contribution >= 0.6 is 15.9 Å². The van der Waals surface area contributed by atoms with Crippen molar-refractivity contribution in [1.29, 1.82) is 0 Å². The van der Waals surface area contributed by atoms with Crippen LogP contribution in [0.4, 0.5) is 10.5 Å². The van der Waals surface area contributed by atoms with E-state index in [2.05, 4.69) is 21.2 Å². The zero-order chi connectivity index (χ0) is 29.7. The minimum atomic E-state index is -4.19. The Morgan fingerprint density at radius 3 is 2.32 bits per heavy atom. The van der Waals surface area contributed by atoms with E-state index >= 15 is 0 Å². The number of ether oxygens (including phenoxy) is 2. The third kappa shape index (κ3) is 6.77. The quantitative estimate of drug-likeness (QED) is 0.135. The van der Waals surface area contributed by atoms with E-state index in [0.29, 0.717) is 17.9 Å². The molecule has 0 saturated carbocycles. The molecule has 0 spiro atoms. The number of rotatable bonds is 10. The van der Waals surface area contributed by atoms with Gasteiger partial charge in [-0.3, -0.25) is 14.9 Å². The number of amides is 4. The van der Waals surface area contributed by atoms with E-state index in [1.165, 1.54) is 37.5 Å². The maximum Gasteiger partial charge on any atom is 0.339 e. The molecule has 0 atom stereocenters. The molecule has 214 valence electrons. The lowest BCUT2D eigenvalue weighted by Crippen LogP contribution is -2.54. The molecule has 10 nitrogen and oxygen atoms in total. The molecule has 1 aliphatic rings. The van der Waals surface area contributed by atoms with Gasteiger partial charge >= 0.3 is 16.1 Å². The molecule has 3 aromatic carbocycles. The number of nitrogens with one attached hydrogen (secondary N) is 1. The molecule has 1 saturated heterocycles. The lowest BCUT2D eigenvalue weighted by Gasteiger charge is -2.26. The fourth-order valence-corrected chi connectivity index (χ4v) is 5.46. The molecule has 3 aromatic rings. The Balaban J connectivity index is 1.62. The second-order valence-electron chi connectivity index (χ2n) is 9.04. The number of halogens is 1. The van der Waals surface area contributed by atoms with Crippen molar-refractivity contribution >= 4 is 55.7 Å². The largest absolute Gasteiger partial charge is 0.494 e. The highest BCUT2D eigenvalue weighted by Gasteiger charge is 2.37. The van der Waals surface area contributed by atoms with Crippen molar-refractivity contribution < 1.29 is 36.5 Å². The number of hydrogen-bond donors (Lipinski definition) is 1. The third-order valence-electron chi connectivity index (χ3n) is 6.03. The Morgan fingerprint density at radius 1 is 1.00 bits per heavy atom. The molecule has 0 bridgehead atoms. The second kappa shape index (κ2) is 12.6. The summed E-state index contributed by atoms with van der Waals surface area (Å²) in [6, 6.07) is 14.5. The zero-order valence-electron chi connectivity index (χ0n) is 22.5. The van der Waals surface area contributed by atoms with E-state index in [0.717, 1.165) is 23.3 Å². The number of carbonyl (C=O) groups excluding carboxylic acids is 3. The molecule has 1 fully saturated rings. The zero-order valence-corrected chi connectivity index (χ0v) is 24.9. The summed E-state index contributed by atoms with van der Waals surface area (Å²) in [5, 5.41) is 2.17. The van der Waals surface area contributed by atoms with E-state index in [-0.39, 0.29) is 32.1 Å². The van der Waals surface area contributed by atoms with E-state index in [1.807, 2.05) is 13.8 Å². The maximum absolute atomic E-state index is 13.3. The number of barbiturate groups is 1. The molecular formula is C29H27BrN2O8S. The highest BCUT2D eigenvalue weighted by Crippen LogP contribution is 2.39. The smallest absolute Gasteiger partial charge is 0.339 e. The molecule has 1 N–H and O–H groups in total. The molecule has 0 aromatic heterocycles. The second-order valence-corrected chi connectivity index (χ2v) is 11.4. The van der Waals surface area contributed by atoms with Crippen LogP contribution in [0.5, 0.6) is 17.2 Å². The van der Waals surface area contributed by atoms with E-state index in [4.69, 9.17) is 13.7 Å². The minimum absolute atomic E-state index is 0.0252. The number of imide groups is 2. The number of anilines is 1. The van der Waals surface area contributed by atoms with Gasteiger partial charge in [0.15, 0.2) is 11.5 Å². The first-order chi connectivity index (χ1) is 19.5. The van der Waals surface area contributed by atoms with Gasteiger partial charge in [0.25, 0.3) is 11.8 Å². The summed E-state index contributed by atoms with van der Waals surface area (Å²) >= 11 is 3.30. The van der Waals surface area contributed by atoms with Crippen molar-refractivity contribution in [3.8, 4) is 17.2 Å². The van der Waals surface area contributed by atoms with Crippen LogP contribution in [-0.4, -0.2) is 40.0 Å². The standard InChI is InChI=1S/C29H27BrN2O8S/c1-4-5-14-39-21-10-8-20(9-11-21)32-28(34)23(27(33)31-29(32)35)15-19-16-24(30)26(25(17-19)38-3)40-41(36,37)22-12-6-18(2)7-13-22/h6-13,15-17H,4-5,14H2,1-3H3,(H,31,33,35)/b23-15-. The predicted octanol–water partition coefficient (Wildman–Crippen LogP) is 5.38. The van der Waals surface area contributed by atoms with E-state index < -0.39 is 28.0 Å². The van der Waals surface area contributed by atoms with Gasteiger partial charge in [-0.1, -0.05) is 31.0 Å². The van der Waals surface area contributed by atoms with Crippen molar-refractivity contribution in [3.63, 3.8) is 0 Å². The Bertz CT molecular complexity index is 1620. The highest BCUT2D eigenvalue weighted by atomic mass is 79.9. The van der Waals surface area contributed by atoms with Crippen LogP contribution in [0.1, 0.15) is 30.9 Å². The monoisotopic (exact) mass is 642 g/mol. The number of urea groups is 1. The van der Waals surface area contributed by atoms with Crippen LogP contribution in [0.15, 0.2) is 75.6 Å². The Morgan fingerprint density at radius 2 is 1.68 bits per heavy atom.